The van der Waals surface area contributed by atoms with Crippen LogP contribution in [-0.4, -0.2) is 56.0 Å². The Morgan fingerprint density at radius 3 is 1.55 bits per heavy atom. The predicted molar refractivity (Wildman–Crippen MR) is 132 cm³/mol. The van der Waals surface area contributed by atoms with Crippen molar-refractivity contribution in [1.82, 2.24) is 9.97 Å². The molecule has 2 aromatic rings. The molecular weight excluding hydrogens is 496 g/mol. The summed E-state index contributed by atoms with van der Waals surface area (Å²) in [5, 5.41) is 22.7. The average molecular weight is 520 g/mol. The minimum atomic E-state index is -1.34. The van der Waals surface area contributed by atoms with Gasteiger partial charge >= 0.3 is 11.9 Å². The number of ether oxygens (including phenoxy) is 2. The number of carbonyl (C=O) groups is 2. The van der Waals surface area contributed by atoms with Gasteiger partial charge < -0.3 is 9.47 Å². The van der Waals surface area contributed by atoms with Crippen LogP contribution in [0.1, 0.15) is 48.2 Å². The van der Waals surface area contributed by atoms with Gasteiger partial charge in [0, 0.05) is 22.2 Å². The molecule has 0 unspecified atom stereocenters. The summed E-state index contributed by atoms with van der Waals surface area (Å²) in [5.41, 5.74) is 0.193. The second-order valence-corrected chi connectivity index (χ2v) is 9.33. The second kappa shape index (κ2) is 9.12. The van der Waals surface area contributed by atoms with Gasteiger partial charge in [0.2, 0.25) is 0 Å². The predicted octanol–water partition coefficient (Wildman–Crippen LogP) is 2.80. The Bertz CT molecular complexity index is 1300. The number of rotatable bonds is 6. The molecule has 0 saturated heterocycles. The molecule has 2 heterocycles. The maximum Gasteiger partial charge on any atom is 0.317 e. The number of esters is 2. The first-order chi connectivity index (χ1) is 18.3. The van der Waals surface area contributed by atoms with E-state index in [0.717, 1.165) is 11.1 Å². The van der Waals surface area contributed by atoms with Crippen molar-refractivity contribution in [3.05, 3.63) is 91.6 Å². The number of carbonyl (C=O) groups excluding carboxylic acids is 2. The van der Waals surface area contributed by atoms with E-state index in [-0.39, 0.29) is 23.1 Å². The monoisotopic (exact) mass is 520 g/mol. The Hall–Kier alpha value is -4.48. The van der Waals surface area contributed by atoms with Gasteiger partial charge in [0.05, 0.1) is 36.4 Å². The van der Waals surface area contributed by atoms with Gasteiger partial charge in [-0.1, -0.05) is 12.1 Å². The van der Waals surface area contributed by atoms with Crippen LogP contribution >= 0.6 is 0 Å². The Morgan fingerprint density at radius 1 is 0.816 bits per heavy atom. The van der Waals surface area contributed by atoms with E-state index in [1.54, 1.807) is 62.7 Å². The van der Waals surface area contributed by atoms with E-state index in [1.165, 1.54) is 12.2 Å². The number of hydrogen-bond donors (Lipinski definition) is 0. The van der Waals surface area contributed by atoms with Gasteiger partial charge in [-0.05, 0) is 61.4 Å². The van der Waals surface area contributed by atoms with Crippen LogP contribution in [0, 0.1) is 32.1 Å². The van der Waals surface area contributed by atoms with Gasteiger partial charge in [0.25, 0.3) is 11.1 Å². The number of fused-ring (bicyclic) bond motifs is 6. The fourth-order valence-electron chi connectivity index (χ4n) is 5.84. The standard InChI is InChI=1S/2C13H12N2O4/c2*1-2-19-12(16)11-10-8-4-3-7-14-9(8)5-6-13(10,11)15(17)18/h2*3-7,10-11H,2H2,1H3/t2*10-,11+,13+/m00/s1. The summed E-state index contributed by atoms with van der Waals surface area (Å²) < 4.78 is 9.90. The van der Waals surface area contributed by atoms with Crippen LogP contribution in [0.25, 0.3) is 12.2 Å². The number of pyridine rings is 2. The molecule has 6 rings (SSSR count). The van der Waals surface area contributed by atoms with E-state index in [2.05, 4.69) is 9.97 Å². The minimum Gasteiger partial charge on any atom is -0.466 e. The molecule has 196 valence electrons. The molecule has 0 amide bonds. The summed E-state index contributed by atoms with van der Waals surface area (Å²) in [7, 11) is 0. The minimum absolute atomic E-state index is 0.222. The lowest BCUT2D eigenvalue weighted by molar-refractivity contribution is -0.528. The molecule has 0 N–H and O–H groups in total. The summed E-state index contributed by atoms with van der Waals surface area (Å²) in [6.45, 7) is 3.82. The number of nitro groups is 2. The SMILES string of the molecule is CCOC(=O)[C@H]1[C@@H]2c3cccnc3C=C[C@]12[N+](=O)[O-].CCOC(=O)[C@H]1[C@@H]2c3cccnc3C=C[C@]12[N+](=O)[O-]. The smallest absolute Gasteiger partial charge is 0.317 e. The van der Waals surface area contributed by atoms with Crippen LogP contribution in [-0.2, 0) is 19.1 Å². The third-order valence-corrected chi connectivity index (χ3v) is 7.58. The molecule has 0 aromatic carbocycles. The molecule has 2 aromatic heterocycles. The zero-order valence-corrected chi connectivity index (χ0v) is 20.6. The highest BCUT2D eigenvalue weighted by Gasteiger charge is 2.81. The third-order valence-electron chi connectivity index (χ3n) is 7.58. The molecule has 0 spiro atoms. The van der Waals surface area contributed by atoms with E-state index in [9.17, 15) is 29.8 Å². The van der Waals surface area contributed by atoms with Crippen LogP contribution < -0.4 is 0 Å². The number of nitrogens with zero attached hydrogens (tertiary/aromatic N) is 4. The molecule has 2 saturated carbocycles. The molecule has 12 nitrogen and oxygen atoms in total. The third kappa shape index (κ3) is 3.51. The van der Waals surface area contributed by atoms with Crippen molar-refractivity contribution in [2.24, 2.45) is 11.8 Å². The first-order valence-electron chi connectivity index (χ1n) is 12.2. The summed E-state index contributed by atoms with van der Waals surface area (Å²) in [6, 6.07) is 7.02. The van der Waals surface area contributed by atoms with Gasteiger partial charge in [-0.2, -0.15) is 0 Å². The molecule has 2 fully saturated rings. The van der Waals surface area contributed by atoms with E-state index in [0.29, 0.717) is 11.4 Å². The largest absolute Gasteiger partial charge is 0.466 e. The fraction of sp³-hybridized carbons (Fsp3) is 0.385. The van der Waals surface area contributed by atoms with Crippen LogP contribution in [0.4, 0.5) is 0 Å². The van der Waals surface area contributed by atoms with Crippen LogP contribution in [0.2, 0.25) is 0 Å². The molecule has 12 heteroatoms. The Kier molecular flexibility index (Phi) is 6.04. The lowest BCUT2D eigenvalue weighted by atomic mass is 9.99. The quantitative estimate of drug-likeness (QED) is 0.314. The maximum atomic E-state index is 11.9. The highest BCUT2D eigenvalue weighted by atomic mass is 16.6. The molecular formula is C26H24N4O8. The zero-order chi connectivity index (χ0) is 27.2. The Morgan fingerprint density at radius 2 is 1.21 bits per heavy atom. The molecule has 6 atom stereocenters. The van der Waals surface area contributed by atoms with Crippen molar-refractivity contribution < 1.29 is 28.9 Å². The van der Waals surface area contributed by atoms with Crippen LogP contribution in [0.5, 0.6) is 0 Å². The van der Waals surface area contributed by atoms with Crippen molar-refractivity contribution in [2.75, 3.05) is 13.2 Å². The zero-order valence-electron chi connectivity index (χ0n) is 20.6. The van der Waals surface area contributed by atoms with Crippen molar-refractivity contribution in [3.8, 4) is 0 Å². The lowest BCUT2D eigenvalue weighted by Crippen LogP contribution is -2.27. The van der Waals surface area contributed by atoms with Crippen LogP contribution in [0.15, 0.2) is 48.8 Å². The van der Waals surface area contributed by atoms with Crippen molar-refractivity contribution in [3.63, 3.8) is 0 Å². The van der Waals surface area contributed by atoms with Gasteiger partial charge in [-0.25, -0.2) is 0 Å². The molecule has 0 radical (unpaired) electrons. The molecule has 4 aliphatic rings. The van der Waals surface area contributed by atoms with Crippen molar-refractivity contribution >= 4 is 24.1 Å². The number of aromatic nitrogens is 2. The van der Waals surface area contributed by atoms with Gasteiger partial charge in [0.1, 0.15) is 11.8 Å². The molecule has 0 bridgehead atoms. The van der Waals surface area contributed by atoms with E-state index < -0.39 is 46.7 Å². The first-order valence-corrected chi connectivity index (χ1v) is 12.2. The molecule has 4 aliphatic carbocycles. The van der Waals surface area contributed by atoms with Gasteiger partial charge in [0.15, 0.2) is 0 Å². The highest BCUT2D eigenvalue weighted by molar-refractivity contribution is 5.85. The average Bonchev–Trinajstić information content (AvgIpc) is 3.80. The molecule has 0 aliphatic heterocycles. The normalized spacial score (nSPS) is 30.2. The van der Waals surface area contributed by atoms with Crippen molar-refractivity contribution in [1.29, 1.82) is 0 Å². The Labute approximate surface area is 216 Å². The number of hydrogen-bond acceptors (Lipinski definition) is 10. The topological polar surface area (TPSA) is 165 Å². The van der Waals surface area contributed by atoms with E-state index >= 15 is 0 Å². The molecule has 38 heavy (non-hydrogen) atoms. The summed E-state index contributed by atoms with van der Waals surface area (Å²) in [4.78, 5) is 54.1. The van der Waals surface area contributed by atoms with Gasteiger partial charge in [-0.15, -0.1) is 0 Å². The first kappa shape index (κ1) is 25.2. The maximum absolute atomic E-state index is 11.9. The van der Waals surface area contributed by atoms with Crippen molar-refractivity contribution in [2.45, 2.75) is 36.8 Å². The van der Waals surface area contributed by atoms with E-state index in [4.69, 9.17) is 9.47 Å². The van der Waals surface area contributed by atoms with Crippen LogP contribution in [0.3, 0.4) is 0 Å². The second-order valence-electron chi connectivity index (χ2n) is 9.33. The van der Waals surface area contributed by atoms with Gasteiger partial charge in [-0.3, -0.25) is 39.8 Å². The van der Waals surface area contributed by atoms with E-state index in [1.807, 2.05) is 0 Å². The summed E-state index contributed by atoms with van der Waals surface area (Å²) >= 11 is 0. The Balaban J connectivity index is 0.000000155. The summed E-state index contributed by atoms with van der Waals surface area (Å²) in [6.07, 6.45) is 9.46. The fourth-order valence-corrected chi connectivity index (χ4v) is 5.84. The summed E-state index contributed by atoms with van der Waals surface area (Å²) in [5.74, 6) is -3.44. The lowest BCUT2D eigenvalue weighted by Gasteiger charge is -2.10. The highest BCUT2D eigenvalue weighted by Crippen LogP contribution is 2.64.